The molecule has 0 bridgehead atoms. The summed E-state index contributed by atoms with van der Waals surface area (Å²) in [6, 6.07) is 12.3. The normalized spacial score (nSPS) is 15.9. The molecule has 2 heterocycles. The molecule has 1 unspecified atom stereocenters. The van der Waals surface area contributed by atoms with Gasteiger partial charge in [0.15, 0.2) is 0 Å². The number of rotatable bonds is 4. The number of ether oxygens (including phenoxy) is 1. The number of nitrogens with two attached hydrogens (primary N) is 1. The number of hydrogen-bond acceptors (Lipinski definition) is 3. The summed E-state index contributed by atoms with van der Waals surface area (Å²) in [5.74, 6) is -0.511. The Kier molecular flexibility index (Phi) is 4.92. The zero-order valence-electron chi connectivity index (χ0n) is 15.0. The fraction of sp³-hybridized carbons (Fsp3) is 0.286. The third-order valence-corrected chi connectivity index (χ3v) is 5.15. The van der Waals surface area contributed by atoms with Gasteiger partial charge in [0, 0.05) is 48.2 Å². The van der Waals surface area contributed by atoms with Crippen molar-refractivity contribution in [1.82, 2.24) is 9.88 Å². The van der Waals surface area contributed by atoms with Gasteiger partial charge in [-0.1, -0.05) is 24.3 Å². The Hall–Kier alpha value is -2.70. The molecule has 1 amide bonds. The van der Waals surface area contributed by atoms with Crippen molar-refractivity contribution in [3.05, 3.63) is 71.2 Å². The minimum Gasteiger partial charge on any atom is -0.378 e. The van der Waals surface area contributed by atoms with E-state index in [9.17, 15) is 9.18 Å². The minimum absolute atomic E-state index is 0.000767. The predicted octanol–water partition coefficient (Wildman–Crippen LogP) is 2.87. The van der Waals surface area contributed by atoms with Crippen molar-refractivity contribution in [2.24, 2.45) is 5.73 Å². The SMILES string of the molecule is NCC(c1ccccc1F)c1c[nH]c2cc(C(=O)N3CCOCC3)ccc12. The van der Waals surface area contributed by atoms with Crippen LogP contribution in [0.1, 0.15) is 27.4 Å². The summed E-state index contributed by atoms with van der Waals surface area (Å²) >= 11 is 0. The average Bonchev–Trinajstić information content (AvgIpc) is 3.13. The number of amides is 1. The Labute approximate surface area is 156 Å². The van der Waals surface area contributed by atoms with E-state index in [-0.39, 0.29) is 17.6 Å². The first-order valence-electron chi connectivity index (χ1n) is 9.11. The molecule has 0 spiro atoms. The number of fused-ring (bicyclic) bond motifs is 1. The summed E-state index contributed by atoms with van der Waals surface area (Å²) in [6.45, 7) is 2.65. The van der Waals surface area contributed by atoms with Gasteiger partial charge < -0.3 is 20.4 Å². The van der Waals surface area contributed by atoms with Gasteiger partial charge in [-0.2, -0.15) is 0 Å². The van der Waals surface area contributed by atoms with Crippen LogP contribution in [0.3, 0.4) is 0 Å². The summed E-state index contributed by atoms with van der Waals surface area (Å²) in [5, 5.41) is 0.951. The third-order valence-electron chi connectivity index (χ3n) is 5.15. The van der Waals surface area contributed by atoms with Crippen molar-refractivity contribution in [2.75, 3.05) is 32.8 Å². The first-order valence-corrected chi connectivity index (χ1v) is 9.11. The number of halogens is 1. The number of benzene rings is 2. The lowest BCUT2D eigenvalue weighted by Crippen LogP contribution is -2.40. The molecule has 2 aromatic carbocycles. The molecular weight excluding hydrogens is 345 g/mol. The van der Waals surface area contributed by atoms with Gasteiger partial charge in [-0.3, -0.25) is 4.79 Å². The van der Waals surface area contributed by atoms with Crippen LogP contribution in [0.25, 0.3) is 10.9 Å². The van der Waals surface area contributed by atoms with Crippen molar-refractivity contribution in [3.63, 3.8) is 0 Å². The molecule has 140 valence electrons. The van der Waals surface area contributed by atoms with Crippen molar-refractivity contribution >= 4 is 16.8 Å². The summed E-state index contributed by atoms with van der Waals surface area (Å²) in [5.41, 5.74) is 8.97. The maximum Gasteiger partial charge on any atom is 0.254 e. The molecule has 0 aliphatic carbocycles. The van der Waals surface area contributed by atoms with Crippen molar-refractivity contribution in [1.29, 1.82) is 0 Å². The molecular formula is C21H22FN3O2. The topological polar surface area (TPSA) is 71.4 Å². The highest BCUT2D eigenvalue weighted by Crippen LogP contribution is 2.32. The number of nitrogens with zero attached hydrogens (tertiary/aromatic N) is 1. The number of hydrogen-bond donors (Lipinski definition) is 2. The van der Waals surface area contributed by atoms with Crippen LogP contribution in [0.4, 0.5) is 4.39 Å². The average molecular weight is 367 g/mol. The lowest BCUT2D eigenvalue weighted by molar-refractivity contribution is 0.0303. The lowest BCUT2D eigenvalue weighted by Gasteiger charge is -2.26. The number of aromatic nitrogens is 1. The first-order chi connectivity index (χ1) is 13.2. The maximum atomic E-state index is 14.3. The van der Waals surface area contributed by atoms with Gasteiger partial charge >= 0.3 is 0 Å². The lowest BCUT2D eigenvalue weighted by atomic mass is 9.90. The quantitative estimate of drug-likeness (QED) is 0.745. The Bertz CT molecular complexity index is 963. The minimum atomic E-state index is -0.263. The molecule has 1 aliphatic rings. The summed E-state index contributed by atoms with van der Waals surface area (Å²) in [6.07, 6.45) is 1.86. The number of H-pyrrole nitrogens is 1. The van der Waals surface area contributed by atoms with Crippen LogP contribution < -0.4 is 5.73 Å². The van der Waals surface area contributed by atoms with Crippen LogP contribution in [0, 0.1) is 5.82 Å². The Morgan fingerprint density at radius 3 is 2.70 bits per heavy atom. The van der Waals surface area contributed by atoms with Gasteiger partial charge in [0.05, 0.1) is 13.2 Å². The van der Waals surface area contributed by atoms with E-state index in [0.717, 1.165) is 16.5 Å². The highest BCUT2D eigenvalue weighted by molar-refractivity contribution is 5.98. The monoisotopic (exact) mass is 367 g/mol. The molecule has 1 atom stereocenters. The first kappa shape index (κ1) is 17.7. The van der Waals surface area contributed by atoms with Gasteiger partial charge in [0.25, 0.3) is 5.91 Å². The summed E-state index contributed by atoms with van der Waals surface area (Å²) in [7, 11) is 0. The van der Waals surface area contributed by atoms with Crippen LogP contribution in [0.5, 0.6) is 0 Å². The largest absolute Gasteiger partial charge is 0.378 e. The maximum absolute atomic E-state index is 14.3. The number of aromatic amines is 1. The highest BCUT2D eigenvalue weighted by atomic mass is 19.1. The van der Waals surface area contributed by atoms with Crippen molar-refractivity contribution in [2.45, 2.75) is 5.92 Å². The molecule has 0 radical (unpaired) electrons. The number of carbonyl (C=O) groups is 1. The van der Waals surface area contributed by atoms with Gasteiger partial charge in [0.1, 0.15) is 5.82 Å². The molecule has 6 heteroatoms. The molecule has 5 nitrogen and oxygen atoms in total. The van der Waals surface area contributed by atoms with E-state index in [1.54, 1.807) is 17.0 Å². The zero-order valence-corrected chi connectivity index (χ0v) is 15.0. The predicted molar refractivity (Wildman–Crippen MR) is 102 cm³/mol. The Morgan fingerprint density at radius 2 is 1.96 bits per heavy atom. The van der Waals surface area contributed by atoms with Crippen LogP contribution in [-0.4, -0.2) is 48.6 Å². The molecule has 3 aromatic rings. The van der Waals surface area contributed by atoms with E-state index >= 15 is 0 Å². The van der Waals surface area contributed by atoms with Crippen LogP contribution in [0.2, 0.25) is 0 Å². The second-order valence-electron chi connectivity index (χ2n) is 6.72. The van der Waals surface area contributed by atoms with Gasteiger partial charge in [0.2, 0.25) is 0 Å². The second-order valence-corrected chi connectivity index (χ2v) is 6.72. The fourth-order valence-corrected chi connectivity index (χ4v) is 3.70. The second kappa shape index (κ2) is 7.50. The molecule has 1 saturated heterocycles. The van der Waals surface area contributed by atoms with E-state index in [1.165, 1.54) is 6.07 Å². The van der Waals surface area contributed by atoms with E-state index in [1.807, 2.05) is 30.5 Å². The van der Waals surface area contributed by atoms with E-state index in [4.69, 9.17) is 10.5 Å². The van der Waals surface area contributed by atoms with Crippen molar-refractivity contribution < 1.29 is 13.9 Å². The molecule has 0 saturated carbocycles. The Morgan fingerprint density at radius 1 is 1.19 bits per heavy atom. The molecule has 1 aromatic heterocycles. The molecule has 3 N–H and O–H groups in total. The highest BCUT2D eigenvalue weighted by Gasteiger charge is 2.22. The molecule has 4 rings (SSSR count). The zero-order chi connectivity index (χ0) is 18.8. The van der Waals surface area contributed by atoms with Gasteiger partial charge in [-0.05, 0) is 29.3 Å². The van der Waals surface area contributed by atoms with E-state index < -0.39 is 0 Å². The van der Waals surface area contributed by atoms with Gasteiger partial charge in [-0.15, -0.1) is 0 Å². The van der Waals surface area contributed by atoms with E-state index in [2.05, 4.69) is 4.98 Å². The Balaban J connectivity index is 1.68. The van der Waals surface area contributed by atoms with Crippen LogP contribution in [-0.2, 0) is 4.74 Å². The smallest absolute Gasteiger partial charge is 0.254 e. The summed E-state index contributed by atoms with van der Waals surface area (Å²) < 4.78 is 19.6. The van der Waals surface area contributed by atoms with E-state index in [0.29, 0.717) is 44.0 Å². The van der Waals surface area contributed by atoms with Crippen molar-refractivity contribution in [3.8, 4) is 0 Å². The third kappa shape index (κ3) is 3.34. The summed E-state index contributed by atoms with van der Waals surface area (Å²) in [4.78, 5) is 17.7. The number of nitrogens with one attached hydrogen (secondary N) is 1. The molecule has 1 aliphatic heterocycles. The van der Waals surface area contributed by atoms with Crippen LogP contribution >= 0.6 is 0 Å². The van der Waals surface area contributed by atoms with Crippen LogP contribution in [0.15, 0.2) is 48.7 Å². The molecule has 1 fully saturated rings. The van der Waals surface area contributed by atoms with Gasteiger partial charge in [-0.25, -0.2) is 4.39 Å². The number of carbonyl (C=O) groups excluding carboxylic acids is 1. The number of morpholine rings is 1. The fourth-order valence-electron chi connectivity index (χ4n) is 3.70. The molecule has 27 heavy (non-hydrogen) atoms. The standard InChI is InChI=1S/C21H22FN3O2/c22-19-4-2-1-3-15(19)17(12-23)18-13-24-20-11-14(5-6-16(18)20)21(26)25-7-9-27-10-8-25/h1-6,11,13,17,24H,7-10,12,23H2.